The molecule has 1 aromatic carbocycles. The van der Waals surface area contributed by atoms with Gasteiger partial charge >= 0.3 is 0 Å². The Morgan fingerprint density at radius 1 is 1.35 bits per heavy atom. The number of benzene rings is 1. The second kappa shape index (κ2) is 7.73. The van der Waals surface area contributed by atoms with E-state index in [0.29, 0.717) is 0 Å². The third-order valence-corrected chi connectivity index (χ3v) is 3.19. The van der Waals surface area contributed by atoms with E-state index in [1.54, 1.807) is 0 Å². The third-order valence-electron chi connectivity index (χ3n) is 3.19. The van der Waals surface area contributed by atoms with Crippen LogP contribution in [0.2, 0.25) is 0 Å². The normalized spacial score (nSPS) is 12.1. The average molecular weight is 273 g/mol. The van der Waals surface area contributed by atoms with Crippen LogP contribution in [0.3, 0.4) is 0 Å². The predicted molar refractivity (Wildman–Crippen MR) is 88.4 cm³/mol. The van der Waals surface area contributed by atoms with E-state index in [1.165, 1.54) is 11.1 Å². The van der Waals surface area contributed by atoms with Gasteiger partial charge in [0.05, 0.1) is 6.54 Å². The maximum absolute atomic E-state index is 4.68. The summed E-state index contributed by atoms with van der Waals surface area (Å²) in [6.07, 6.45) is 1.83. The molecule has 3 heteroatoms. The van der Waals surface area contributed by atoms with Gasteiger partial charge in [-0.25, -0.2) is 0 Å². The Labute approximate surface area is 123 Å². The number of nitrogens with one attached hydrogen (secondary N) is 2. The summed E-state index contributed by atoms with van der Waals surface area (Å²) in [6, 6.07) is 8.64. The lowest BCUT2D eigenvalue weighted by Gasteiger charge is -2.24. The van der Waals surface area contributed by atoms with Crippen LogP contribution in [0.4, 0.5) is 0 Å². The maximum atomic E-state index is 4.68. The molecule has 0 heterocycles. The fourth-order valence-corrected chi connectivity index (χ4v) is 1.94. The van der Waals surface area contributed by atoms with Gasteiger partial charge in [0.15, 0.2) is 5.96 Å². The van der Waals surface area contributed by atoms with E-state index in [-0.39, 0.29) is 5.41 Å². The number of hydrogen-bond donors (Lipinski definition) is 2. The summed E-state index contributed by atoms with van der Waals surface area (Å²) in [7, 11) is 0. The largest absolute Gasteiger partial charge is 0.357 e. The van der Waals surface area contributed by atoms with Gasteiger partial charge in [-0.05, 0) is 19.4 Å². The zero-order chi connectivity index (χ0) is 15.0. The summed E-state index contributed by atoms with van der Waals surface area (Å²) in [4.78, 5) is 4.68. The molecule has 0 saturated heterocycles. The van der Waals surface area contributed by atoms with Gasteiger partial charge in [0, 0.05) is 18.5 Å². The van der Waals surface area contributed by atoms with E-state index < -0.39 is 0 Å². The van der Waals surface area contributed by atoms with Crippen LogP contribution in [-0.2, 0) is 5.41 Å². The fourth-order valence-electron chi connectivity index (χ4n) is 1.94. The van der Waals surface area contributed by atoms with Crippen LogP contribution < -0.4 is 10.6 Å². The van der Waals surface area contributed by atoms with Gasteiger partial charge in [-0.2, -0.15) is 0 Å². The minimum absolute atomic E-state index is 0.0164. The van der Waals surface area contributed by atoms with Gasteiger partial charge in [-0.1, -0.05) is 49.8 Å². The Hall–Kier alpha value is -1.77. The number of hydrogen-bond acceptors (Lipinski definition) is 1. The molecule has 0 unspecified atom stereocenters. The van der Waals surface area contributed by atoms with Crippen molar-refractivity contribution >= 4 is 5.96 Å². The Balaban J connectivity index is 2.79. The molecular formula is C17H27N3. The van der Waals surface area contributed by atoms with E-state index in [1.807, 2.05) is 6.08 Å². The Morgan fingerprint density at radius 3 is 2.70 bits per heavy atom. The Bertz CT molecular complexity index is 461. The number of nitrogens with zero attached hydrogens (tertiary/aromatic N) is 1. The maximum Gasteiger partial charge on any atom is 0.191 e. The van der Waals surface area contributed by atoms with Crippen molar-refractivity contribution in [2.24, 2.45) is 4.99 Å². The molecule has 0 radical (unpaired) electrons. The van der Waals surface area contributed by atoms with Crippen LogP contribution in [0.15, 0.2) is 41.9 Å². The highest BCUT2D eigenvalue weighted by atomic mass is 15.2. The van der Waals surface area contributed by atoms with Crippen molar-refractivity contribution in [2.45, 2.75) is 33.1 Å². The molecule has 1 aromatic rings. The highest BCUT2D eigenvalue weighted by Gasteiger charge is 2.20. The predicted octanol–water partition coefficient (Wildman–Crippen LogP) is 3.01. The van der Waals surface area contributed by atoms with Gasteiger partial charge in [0.1, 0.15) is 0 Å². The quantitative estimate of drug-likeness (QED) is 0.475. The summed E-state index contributed by atoms with van der Waals surface area (Å²) < 4.78 is 0. The van der Waals surface area contributed by atoms with E-state index in [0.717, 1.165) is 25.6 Å². The number of rotatable bonds is 6. The molecule has 3 nitrogen and oxygen atoms in total. The van der Waals surface area contributed by atoms with Crippen molar-refractivity contribution < 1.29 is 0 Å². The molecule has 0 aliphatic heterocycles. The standard InChI is InChI=1S/C17H27N3/c1-6-11-19-16(18-7-2)20-13-17(4,5)15-10-8-9-14(3)12-15/h6,8-10,12H,1,7,11,13H2,2-5H3,(H2,18,19,20). The first-order valence-corrected chi connectivity index (χ1v) is 7.20. The summed E-state index contributed by atoms with van der Waals surface area (Å²) >= 11 is 0. The van der Waals surface area contributed by atoms with Crippen LogP contribution in [0.25, 0.3) is 0 Å². The number of aryl methyl sites for hydroxylation is 1. The molecule has 0 spiro atoms. The van der Waals surface area contributed by atoms with Gasteiger partial charge in [-0.3, -0.25) is 4.99 Å². The van der Waals surface area contributed by atoms with E-state index in [9.17, 15) is 0 Å². The van der Waals surface area contributed by atoms with Gasteiger partial charge in [0.2, 0.25) is 0 Å². The van der Waals surface area contributed by atoms with E-state index in [2.05, 4.69) is 74.2 Å². The van der Waals surface area contributed by atoms with Crippen LogP contribution in [-0.4, -0.2) is 25.6 Å². The van der Waals surface area contributed by atoms with Crippen LogP contribution in [0.5, 0.6) is 0 Å². The lowest BCUT2D eigenvalue weighted by Crippen LogP contribution is -2.38. The zero-order valence-electron chi connectivity index (χ0n) is 13.2. The van der Waals surface area contributed by atoms with Crippen molar-refractivity contribution in [3.63, 3.8) is 0 Å². The second-order valence-electron chi connectivity index (χ2n) is 5.62. The second-order valence-corrected chi connectivity index (χ2v) is 5.62. The highest BCUT2D eigenvalue weighted by Crippen LogP contribution is 2.24. The molecule has 0 amide bonds. The molecular weight excluding hydrogens is 246 g/mol. The molecule has 0 bridgehead atoms. The fraction of sp³-hybridized carbons (Fsp3) is 0.471. The first-order valence-electron chi connectivity index (χ1n) is 7.20. The number of guanidine groups is 1. The zero-order valence-corrected chi connectivity index (χ0v) is 13.2. The molecule has 20 heavy (non-hydrogen) atoms. The first-order chi connectivity index (χ1) is 9.49. The summed E-state index contributed by atoms with van der Waals surface area (Å²) in [5, 5.41) is 6.47. The molecule has 0 aromatic heterocycles. The lowest BCUT2D eigenvalue weighted by molar-refractivity contribution is 0.537. The minimum atomic E-state index is 0.0164. The Morgan fingerprint density at radius 2 is 2.10 bits per heavy atom. The molecule has 0 aliphatic rings. The lowest BCUT2D eigenvalue weighted by atomic mass is 9.84. The molecule has 0 fully saturated rings. The smallest absolute Gasteiger partial charge is 0.191 e. The summed E-state index contributed by atoms with van der Waals surface area (Å²) in [5.41, 5.74) is 2.62. The molecule has 0 saturated carbocycles. The molecule has 1 rings (SSSR count). The summed E-state index contributed by atoms with van der Waals surface area (Å²) in [6.45, 7) is 14.7. The highest BCUT2D eigenvalue weighted by molar-refractivity contribution is 5.79. The van der Waals surface area contributed by atoms with Crippen LogP contribution in [0.1, 0.15) is 31.9 Å². The van der Waals surface area contributed by atoms with Crippen molar-refractivity contribution in [2.75, 3.05) is 19.6 Å². The summed E-state index contributed by atoms with van der Waals surface area (Å²) in [5.74, 6) is 0.841. The molecule has 0 aliphatic carbocycles. The first kappa shape index (κ1) is 16.3. The average Bonchev–Trinajstić information content (AvgIpc) is 2.42. The SMILES string of the molecule is C=CCNC(=NCC(C)(C)c1cccc(C)c1)NCC. The topological polar surface area (TPSA) is 36.4 Å². The third kappa shape index (κ3) is 5.08. The molecule has 2 N–H and O–H groups in total. The van der Waals surface area contributed by atoms with Crippen molar-refractivity contribution in [3.8, 4) is 0 Å². The minimum Gasteiger partial charge on any atom is -0.357 e. The van der Waals surface area contributed by atoms with Gasteiger partial charge in [-0.15, -0.1) is 6.58 Å². The van der Waals surface area contributed by atoms with Gasteiger partial charge in [0.25, 0.3) is 0 Å². The van der Waals surface area contributed by atoms with E-state index >= 15 is 0 Å². The monoisotopic (exact) mass is 273 g/mol. The molecule has 0 atom stereocenters. The van der Waals surface area contributed by atoms with E-state index in [4.69, 9.17) is 0 Å². The van der Waals surface area contributed by atoms with Crippen molar-refractivity contribution in [1.29, 1.82) is 0 Å². The number of aliphatic imine (C=N–C) groups is 1. The van der Waals surface area contributed by atoms with Gasteiger partial charge < -0.3 is 10.6 Å². The molecule has 110 valence electrons. The van der Waals surface area contributed by atoms with Crippen molar-refractivity contribution in [3.05, 3.63) is 48.0 Å². The Kier molecular flexibility index (Phi) is 6.29. The van der Waals surface area contributed by atoms with Crippen molar-refractivity contribution in [1.82, 2.24) is 10.6 Å². The van der Waals surface area contributed by atoms with Crippen LogP contribution in [0, 0.1) is 6.92 Å². The van der Waals surface area contributed by atoms with Crippen LogP contribution >= 0.6 is 0 Å².